The Bertz CT molecular complexity index is 447. The van der Waals surface area contributed by atoms with Gasteiger partial charge in [-0.2, -0.15) is 0 Å². The minimum atomic E-state index is -0.729. The van der Waals surface area contributed by atoms with E-state index in [0.29, 0.717) is 6.42 Å². The summed E-state index contributed by atoms with van der Waals surface area (Å²) < 4.78 is 0. The fraction of sp³-hybridized carbons (Fsp3) is 0.462. The van der Waals surface area contributed by atoms with E-state index in [4.69, 9.17) is 16.7 Å². The van der Waals surface area contributed by atoms with Crippen molar-refractivity contribution < 1.29 is 9.90 Å². The highest BCUT2D eigenvalue weighted by Crippen LogP contribution is 2.35. The van der Waals surface area contributed by atoms with E-state index >= 15 is 0 Å². The van der Waals surface area contributed by atoms with Gasteiger partial charge in [0.15, 0.2) is 0 Å². The molecule has 92 valence electrons. The average molecular weight is 254 g/mol. The molecule has 0 bridgehead atoms. The molecule has 1 N–H and O–H groups in total. The van der Waals surface area contributed by atoms with Crippen molar-refractivity contribution in [2.75, 3.05) is 11.9 Å². The molecule has 1 aromatic carbocycles. The van der Waals surface area contributed by atoms with Gasteiger partial charge in [0.2, 0.25) is 0 Å². The number of halogens is 1. The van der Waals surface area contributed by atoms with Gasteiger partial charge in [-0.05, 0) is 36.6 Å². The zero-order valence-corrected chi connectivity index (χ0v) is 10.7. The molecule has 1 aliphatic rings. The van der Waals surface area contributed by atoms with Crippen molar-refractivity contribution in [2.45, 2.75) is 25.8 Å². The molecule has 0 aromatic heterocycles. The molecule has 0 radical (unpaired) electrons. The number of carbonyl (C=O) groups is 1. The first-order valence-electron chi connectivity index (χ1n) is 5.73. The summed E-state index contributed by atoms with van der Waals surface area (Å²) in [4.78, 5) is 13.0. The molecule has 0 aliphatic carbocycles. The van der Waals surface area contributed by atoms with Crippen molar-refractivity contribution in [1.29, 1.82) is 0 Å². The summed E-state index contributed by atoms with van der Waals surface area (Å²) in [5, 5.41) is 9.69. The Kier molecular flexibility index (Phi) is 3.29. The molecule has 2 atom stereocenters. The molecule has 4 heteroatoms. The third-order valence-corrected chi connectivity index (χ3v) is 3.71. The zero-order valence-electron chi connectivity index (χ0n) is 9.98. The SMILES string of the molecule is CC(CC1Cc2cc(Cl)ccc2N1C)C(=O)O. The number of rotatable bonds is 3. The minimum absolute atomic E-state index is 0.259. The lowest BCUT2D eigenvalue weighted by Crippen LogP contribution is -2.31. The highest BCUT2D eigenvalue weighted by atomic mass is 35.5. The van der Waals surface area contributed by atoms with E-state index in [2.05, 4.69) is 4.90 Å². The molecule has 0 spiro atoms. The highest BCUT2D eigenvalue weighted by molar-refractivity contribution is 6.30. The average Bonchev–Trinajstić information content (AvgIpc) is 2.55. The van der Waals surface area contributed by atoms with E-state index in [-0.39, 0.29) is 12.0 Å². The molecule has 0 saturated heterocycles. The number of hydrogen-bond acceptors (Lipinski definition) is 2. The Morgan fingerprint density at radius 1 is 1.65 bits per heavy atom. The van der Waals surface area contributed by atoms with Crippen LogP contribution in [0.4, 0.5) is 5.69 Å². The summed E-state index contributed by atoms with van der Waals surface area (Å²) in [5.41, 5.74) is 2.37. The van der Waals surface area contributed by atoms with Crippen LogP contribution in [0.3, 0.4) is 0 Å². The summed E-state index contributed by atoms with van der Waals surface area (Å²) in [6.45, 7) is 1.76. The Morgan fingerprint density at radius 2 is 2.35 bits per heavy atom. The first-order valence-corrected chi connectivity index (χ1v) is 6.11. The monoisotopic (exact) mass is 253 g/mol. The maximum absolute atomic E-state index is 10.9. The summed E-state index contributed by atoms with van der Waals surface area (Å²) in [5.74, 6) is -1.04. The number of aliphatic carboxylic acids is 1. The summed E-state index contributed by atoms with van der Waals surface area (Å²) in [6, 6.07) is 6.11. The van der Waals surface area contributed by atoms with Crippen LogP contribution in [0.15, 0.2) is 18.2 Å². The van der Waals surface area contributed by atoms with Gasteiger partial charge >= 0.3 is 5.97 Å². The molecule has 0 amide bonds. The topological polar surface area (TPSA) is 40.5 Å². The van der Waals surface area contributed by atoms with Crippen molar-refractivity contribution >= 4 is 23.3 Å². The number of hydrogen-bond donors (Lipinski definition) is 1. The third kappa shape index (κ3) is 2.39. The van der Waals surface area contributed by atoms with E-state index in [1.54, 1.807) is 6.92 Å². The second-order valence-corrected chi connectivity index (χ2v) is 5.15. The second kappa shape index (κ2) is 4.57. The van der Waals surface area contributed by atoms with Gasteiger partial charge in [0.1, 0.15) is 0 Å². The first kappa shape index (κ1) is 12.2. The van der Waals surface area contributed by atoms with Gasteiger partial charge in [-0.15, -0.1) is 0 Å². The number of benzene rings is 1. The lowest BCUT2D eigenvalue weighted by molar-refractivity contribution is -0.141. The predicted molar refractivity (Wildman–Crippen MR) is 68.8 cm³/mol. The van der Waals surface area contributed by atoms with E-state index in [0.717, 1.165) is 17.1 Å². The molecule has 1 aromatic rings. The zero-order chi connectivity index (χ0) is 12.6. The maximum Gasteiger partial charge on any atom is 0.306 e. The normalized spacial score (nSPS) is 20.2. The van der Waals surface area contributed by atoms with Crippen molar-refractivity contribution in [3.63, 3.8) is 0 Å². The van der Waals surface area contributed by atoms with E-state index in [1.807, 2.05) is 25.2 Å². The van der Waals surface area contributed by atoms with Crippen LogP contribution >= 0.6 is 11.6 Å². The smallest absolute Gasteiger partial charge is 0.306 e. The number of fused-ring (bicyclic) bond motifs is 1. The van der Waals surface area contributed by atoms with Crippen molar-refractivity contribution in [1.82, 2.24) is 0 Å². The Hall–Kier alpha value is -1.22. The maximum atomic E-state index is 10.9. The number of likely N-dealkylation sites (N-methyl/N-ethyl adjacent to an activating group) is 1. The molecular formula is C13H16ClNO2. The minimum Gasteiger partial charge on any atom is -0.481 e. The molecule has 1 aliphatic heterocycles. The van der Waals surface area contributed by atoms with Gasteiger partial charge in [-0.3, -0.25) is 4.79 Å². The molecule has 17 heavy (non-hydrogen) atoms. The van der Waals surface area contributed by atoms with Crippen LogP contribution in [-0.4, -0.2) is 24.2 Å². The fourth-order valence-corrected chi connectivity index (χ4v) is 2.59. The summed E-state index contributed by atoms with van der Waals surface area (Å²) in [6.07, 6.45) is 1.54. The predicted octanol–water partition coefficient (Wildman–Crippen LogP) is 2.81. The van der Waals surface area contributed by atoms with Crippen LogP contribution in [0.25, 0.3) is 0 Å². The first-order chi connectivity index (χ1) is 7.99. The lowest BCUT2D eigenvalue weighted by atomic mass is 9.99. The van der Waals surface area contributed by atoms with Crippen LogP contribution in [0.5, 0.6) is 0 Å². The lowest BCUT2D eigenvalue weighted by Gasteiger charge is -2.24. The van der Waals surface area contributed by atoms with Gasteiger partial charge in [-0.1, -0.05) is 18.5 Å². The molecule has 2 unspecified atom stereocenters. The van der Waals surface area contributed by atoms with Gasteiger partial charge in [0, 0.05) is 23.8 Å². The molecule has 0 fully saturated rings. The van der Waals surface area contributed by atoms with E-state index in [9.17, 15) is 4.79 Å². The second-order valence-electron chi connectivity index (χ2n) is 4.72. The fourth-order valence-electron chi connectivity index (χ4n) is 2.40. The van der Waals surface area contributed by atoms with Crippen LogP contribution in [0.2, 0.25) is 5.02 Å². The van der Waals surface area contributed by atoms with Gasteiger partial charge < -0.3 is 10.0 Å². The molecule has 1 heterocycles. The van der Waals surface area contributed by atoms with E-state index < -0.39 is 5.97 Å². The number of nitrogens with zero attached hydrogens (tertiary/aromatic N) is 1. The molecular weight excluding hydrogens is 238 g/mol. The van der Waals surface area contributed by atoms with Gasteiger partial charge in [0.05, 0.1) is 5.92 Å². The Balaban J connectivity index is 2.14. The van der Waals surface area contributed by atoms with Crippen LogP contribution < -0.4 is 4.90 Å². The number of carboxylic acids is 1. The quantitative estimate of drug-likeness (QED) is 0.901. The molecule has 2 rings (SSSR count). The third-order valence-electron chi connectivity index (χ3n) is 3.47. The largest absolute Gasteiger partial charge is 0.481 e. The van der Waals surface area contributed by atoms with Gasteiger partial charge in [-0.25, -0.2) is 0 Å². The molecule has 3 nitrogen and oxygen atoms in total. The number of carboxylic acid groups (broad SMARTS) is 1. The summed E-state index contributed by atoms with van der Waals surface area (Å²) in [7, 11) is 2.01. The van der Waals surface area contributed by atoms with Crippen molar-refractivity contribution in [3.8, 4) is 0 Å². The standard InChI is InChI=1S/C13H16ClNO2/c1-8(13(16)17)5-11-7-9-6-10(14)3-4-12(9)15(11)2/h3-4,6,8,11H,5,7H2,1-2H3,(H,16,17). The van der Waals surface area contributed by atoms with Crippen LogP contribution in [-0.2, 0) is 11.2 Å². The van der Waals surface area contributed by atoms with Crippen molar-refractivity contribution in [3.05, 3.63) is 28.8 Å². The Morgan fingerprint density at radius 3 is 3.00 bits per heavy atom. The van der Waals surface area contributed by atoms with E-state index in [1.165, 1.54) is 5.56 Å². The van der Waals surface area contributed by atoms with Crippen LogP contribution in [0.1, 0.15) is 18.9 Å². The molecule has 0 saturated carbocycles. The number of anilines is 1. The van der Waals surface area contributed by atoms with Crippen LogP contribution in [0, 0.1) is 5.92 Å². The Labute approximate surface area is 106 Å². The van der Waals surface area contributed by atoms with Crippen molar-refractivity contribution in [2.24, 2.45) is 5.92 Å². The highest BCUT2D eigenvalue weighted by Gasteiger charge is 2.29. The summed E-state index contributed by atoms with van der Waals surface area (Å²) >= 11 is 5.96. The van der Waals surface area contributed by atoms with Gasteiger partial charge in [0.25, 0.3) is 0 Å².